The molecular weight excluding hydrogens is 408 g/mol. The molecule has 0 saturated carbocycles. The number of aromatic amines is 1. The minimum atomic E-state index is -0.0599. The van der Waals surface area contributed by atoms with Gasteiger partial charge in [0.15, 0.2) is 0 Å². The molecule has 4 aromatic carbocycles. The summed E-state index contributed by atoms with van der Waals surface area (Å²) in [6.07, 6.45) is 1.93. The van der Waals surface area contributed by atoms with Crippen molar-refractivity contribution in [2.45, 2.75) is 6.54 Å². The lowest BCUT2D eigenvalue weighted by atomic mass is 10.00. The van der Waals surface area contributed by atoms with Crippen molar-refractivity contribution >= 4 is 39.6 Å². The Morgan fingerprint density at radius 2 is 1.58 bits per heavy atom. The maximum absolute atomic E-state index is 13.9. The average molecular weight is 431 g/mol. The molecule has 33 heavy (non-hydrogen) atoms. The molecule has 6 rings (SSSR count). The van der Waals surface area contributed by atoms with Crippen molar-refractivity contribution in [3.8, 4) is 11.1 Å². The van der Waals surface area contributed by atoms with Gasteiger partial charge in [-0.2, -0.15) is 0 Å². The van der Waals surface area contributed by atoms with E-state index in [0.29, 0.717) is 17.8 Å². The van der Waals surface area contributed by atoms with E-state index in [1.165, 1.54) is 0 Å². The van der Waals surface area contributed by atoms with Crippen LogP contribution in [0, 0.1) is 0 Å². The van der Waals surface area contributed by atoms with Crippen molar-refractivity contribution in [2.24, 2.45) is 0 Å². The molecule has 5 nitrogen and oxygen atoms in total. The molecule has 0 spiro atoms. The van der Waals surface area contributed by atoms with Crippen LogP contribution in [-0.4, -0.2) is 10.9 Å². The Balaban J connectivity index is 1.47. The Morgan fingerprint density at radius 1 is 0.788 bits per heavy atom. The molecule has 1 amide bonds. The van der Waals surface area contributed by atoms with E-state index in [2.05, 4.69) is 40.6 Å². The van der Waals surface area contributed by atoms with Crippen molar-refractivity contribution in [2.75, 3.05) is 16.0 Å². The predicted octanol–water partition coefficient (Wildman–Crippen LogP) is 6.32. The zero-order valence-corrected chi connectivity index (χ0v) is 17.9. The van der Waals surface area contributed by atoms with Crippen molar-refractivity contribution in [3.05, 3.63) is 108 Å². The highest BCUT2D eigenvalue weighted by atomic mass is 16.2. The normalized spacial score (nSPS) is 12.7. The van der Waals surface area contributed by atoms with E-state index < -0.39 is 0 Å². The lowest BCUT2D eigenvalue weighted by molar-refractivity contribution is 0.0986. The molecule has 160 valence electrons. The van der Waals surface area contributed by atoms with Crippen LogP contribution in [0.15, 0.2) is 97.2 Å². The highest BCUT2D eigenvalue weighted by Crippen LogP contribution is 2.39. The smallest absolute Gasteiger partial charge is 0.260 e. The molecule has 5 aromatic rings. The maximum atomic E-state index is 13.9. The first-order valence-corrected chi connectivity index (χ1v) is 10.9. The second kappa shape index (κ2) is 7.57. The number of carbonyl (C=O) groups excluding carboxylic acids is 1. The summed E-state index contributed by atoms with van der Waals surface area (Å²) in [5.41, 5.74) is 14.0. The van der Waals surface area contributed by atoms with Crippen LogP contribution in [0.5, 0.6) is 0 Å². The first kappa shape index (κ1) is 19.2. The number of amides is 1. The molecule has 2 heterocycles. The van der Waals surface area contributed by atoms with Crippen LogP contribution < -0.4 is 16.0 Å². The van der Waals surface area contributed by atoms with Crippen molar-refractivity contribution < 1.29 is 4.79 Å². The third kappa shape index (κ3) is 3.40. The van der Waals surface area contributed by atoms with Crippen LogP contribution in [0.1, 0.15) is 15.9 Å². The zero-order valence-electron chi connectivity index (χ0n) is 17.9. The molecule has 1 aliphatic rings. The fourth-order valence-electron chi connectivity index (χ4n) is 4.44. The zero-order chi connectivity index (χ0) is 22.4. The van der Waals surface area contributed by atoms with Gasteiger partial charge in [-0.15, -0.1) is 0 Å². The van der Waals surface area contributed by atoms with Gasteiger partial charge in [-0.25, -0.2) is 0 Å². The van der Waals surface area contributed by atoms with E-state index in [4.69, 9.17) is 5.73 Å². The maximum Gasteiger partial charge on any atom is 0.260 e. The fraction of sp³-hybridized carbons (Fsp3) is 0.0357. The first-order chi connectivity index (χ1) is 16.2. The molecule has 5 heteroatoms. The van der Waals surface area contributed by atoms with Crippen molar-refractivity contribution in [3.63, 3.8) is 0 Å². The number of H-pyrrole nitrogens is 1. The number of anilines is 4. The van der Waals surface area contributed by atoms with Gasteiger partial charge in [0.25, 0.3) is 5.91 Å². The van der Waals surface area contributed by atoms with E-state index >= 15 is 0 Å². The molecule has 0 saturated heterocycles. The van der Waals surface area contributed by atoms with Crippen LogP contribution in [0.2, 0.25) is 0 Å². The van der Waals surface area contributed by atoms with Crippen molar-refractivity contribution in [1.29, 1.82) is 0 Å². The summed E-state index contributed by atoms with van der Waals surface area (Å²) < 4.78 is 0. The second-order valence-corrected chi connectivity index (χ2v) is 8.32. The van der Waals surface area contributed by atoms with Crippen molar-refractivity contribution in [1.82, 2.24) is 4.98 Å². The van der Waals surface area contributed by atoms with Crippen LogP contribution in [0.3, 0.4) is 0 Å². The lowest BCUT2D eigenvalue weighted by Crippen LogP contribution is -2.29. The number of benzene rings is 4. The summed E-state index contributed by atoms with van der Waals surface area (Å²) in [5.74, 6) is -0.0599. The highest BCUT2D eigenvalue weighted by molar-refractivity contribution is 6.14. The monoisotopic (exact) mass is 430 g/mol. The highest BCUT2D eigenvalue weighted by Gasteiger charge is 2.27. The predicted molar refractivity (Wildman–Crippen MR) is 135 cm³/mol. The molecule has 0 unspecified atom stereocenters. The van der Waals surface area contributed by atoms with E-state index in [-0.39, 0.29) is 5.91 Å². The Kier molecular flexibility index (Phi) is 4.40. The molecule has 0 fully saturated rings. The van der Waals surface area contributed by atoms with Gasteiger partial charge >= 0.3 is 0 Å². The molecule has 0 bridgehead atoms. The molecule has 1 aliphatic heterocycles. The van der Waals surface area contributed by atoms with E-state index in [9.17, 15) is 4.79 Å². The van der Waals surface area contributed by atoms with E-state index in [0.717, 1.165) is 44.7 Å². The van der Waals surface area contributed by atoms with Gasteiger partial charge in [-0.3, -0.25) is 4.79 Å². The van der Waals surface area contributed by atoms with E-state index in [1.54, 1.807) is 4.90 Å². The number of nitrogens with zero attached hydrogens (tertiary/aromatic N) is 1. The largest absolute Gasteiger partial charge is 0.399 e. The minimum absolute atomic E-state index is 0.0599. The number of hydrogen-bond acceptors (Lipinski definition) is 3. The molecule has 0 atom stereocenters. The number of nitrogen functional groups attached to an aromatic ring is 1. The number of carbonyl (C=O) groups is 1. The summed E-state index contributed by atoms with van der Waals surface area (Å²) in [7, 11) is 0. The van der Waals surface area contributed by atoms with Gasteiger partial charge in [0.2, 0.25) is 0 Å². The molecule has 4 N–H and O–H groups in total. The number of nitrogens with one attached hydrogen (secondary N) is 2. The quantitative estimate of drug-likeness (QED) is 0.293. The molecular formula is C28H22N4O. The summed E-state index contributed by atoms with van der Waals surface area (Å²) in [6, 6.07) is 30.0. The number of fused-ring (bicyclic) bond motifs is 3. The van der Waals surface area contributed by atoms with Gasteiger partial charge in [-0.05, 0) is 70.6 Å². The summed E-state index contributed by atoms with van der Waals surface area (Å²) in [4.78, 5) is 18.9. The third-order valence-corrected chi connectivity index (χ3v) is 6.15. The fourth-order valence-corrected chi connectivity index (χ4v) is 4.44. The van der Waals surface area contributed by atoms with Gasteiger partial charge in [0.05, 0.1) is 29.2 Å². The summed E-state index contributed by atoms with van der Waals surface area (Å²) >= 11 is 0. The minimum Gasteiger partial charge on any atom is -0.399 e. The first-order valence-electron chi connectivity index (χ1n) is 10.9. The molecule has 0 radical (unpaired) electrons. The van der Waals surface area contributed by atoms with Crippen LogP contribution >= 0.6 is 0 Å². The van der Waals surface area contributed by atoms with E-state index in [1.807, 2.05) is 66.9 Å². The Bertz CT molecular complexity index is 1500. The SMILES string of the molecule is Nc1ccc2c(c1)N(Cc1ccccc1)C(=O)c1cc(-c3ccc4[nH]ccc4c3)ccc1N2. The third-order valence-electron chi connectivity index (χ3n) is 6.15. The van der Waals surface area contributed by atoms with Gasteiger partial charge in [0, 0.05) is 17.4 Å². The average Bonchev–Trinajstić information content (AvgIpc) is 3.28. The molecule has 1 aromatic heterocycles. The van der Waals surface area contributed by atoms with Gasteiger partial charge in [0.1, 0.15) is 0 Å². The second-order valence-electron chi connectivity index (χ2n) is 8.32. The van der Waals surface area contributed by atoms with Gasteiger partial charge < -0.3 is 20.9 Å². The Morgan fingerprint density at radius 3 is 2.45 bits per heavy atom. The topological polar surface area (TPSA) is 74.1 Å². The number of rotatable bonds is 3. The molecule has 0 aliphatic carbocycles. The standard InChI is InChI=1S/C28H22N4O/c29-22-8-11-26-27(16-22)32(17-18-4-2-1-3-5-18)28(33)23-15-20(7-10-25(23)31-26)19-6-9-24-21(14-19)12-13-30-24/h1-16,30-31H,17,29H2. The summed E-state index contributed by atoms with van der Waals surface area (Å²) in [6.45, 7) is 0.455. The lowest BCUT2D eigenvalue weighted by Gasteiger charge is -2.23. The Labute approximate surface area is 191 Å². The summed E-state index contributed by atoms with van der Waals surface area (Å²) in [5, 5.41) is 4.60. The number of hydrogen-bond donors (Lipinski definition) is 3. The van der Waals surface area contributed by atoms with Crippen LogP contribution in [0.25, 0.3) is 22.0 Å². The van der Waals surface area contributed by atoms with Crippen LogP contribution in [-0.2, 0) is 6.54 Å². The number of nitrogens with two attached hydrogens (primary N) is 1. The van der Waals surface area contributed by atoms with Crippen LogP contribution in [0.4, 0.5) is 22.7 Å². The van der Waals surface area contributed by atoms with Gasteiger partial charge in [-0.1, -0.05) is 42.5 Å². The Hall–Kier alpha value is -4.51. The number of aromatic nitrogens is 1.